The number of carbonyl (C=O) groups is 1. The summed E-state index contributed by atoms with van der Waals surface area (Å²) >= 11 is 6.18. The minimum Gasteiger partial charge on any atom is -0.488 e. The normalized spacial score (nSPS) is 13.8. The zero-order chi connectivity index (χ0) is 24.9. The minimum atomic E-state index is -0.560. The number of amides is 1. The molecule has 1 atom stereocenters. The fraction of sp³-hybridized carbons (Fsp3) is 0.357. The molecule has 7 heteroatoms. The summed E-state index contributed by atoms with van der Waals surface area (Å²) in [5.41, 5.74) is 4.50. The van der Waals surface area contributed by atoms with Gasteiger partial charge in [-0.15, -0.1) is 0 Å². The van der Waals surface area contributed by atoms with Crippen molar-refractivity contribution in [1.29, 1.82) is 0 Å². The van der Waals surface area contributed by atoms with Gasteiger partial charge in [0.15, 0.2) is 0 Å². The molecular weight excluding hydrogens is 462 g/mol. The lowest BCUT2D eigenvalue weighted by molar-refractivity contribution is 0.0147. The first kappa shape index (κ1) is 23.5. The Hall–Kier alpha value is -3.25. The number of nitrogens with zero attached hydrogens (tertiary/aromatic N) is 2. The van der Waals surface area contributed by atoms with Crippen LogP contribution in [-0.4, -0.2) is 32.6 Å². The van der Waals surface area contributed by atoms with Crippen molar-refractivity contribution in [2.45, 2.75) is 65.8 Å². The van der Waals surface area contributed by atoms with Crippen LogP contribution in [-0.2, 0) is 17.9 Å². The van der Waals surface area contributed by atoms with Crippen LogP contribution >= 0.6 is 11.6 Å². The first-order valence-electron chi connectivity index (χ1n) is 12.0. The zero-order valence-electron chi connectivity index (χ0n) is 20.7. The van der Waals surface area contributed by atoms with Crippen LogP contribution in [0.15, 0.2) is 42.5 Å². The molecule has 0 radical (unpaired) electrons. The second-order valence-electron chi connectivity index (χ2n) is 10.2. The quantitative estimate of drug-likeness (QED) is 0.321. The standard InChI is InChI=1S/C28H30ClN3O3/c1-6-16(2)32(27(33)35-28(3,4)5)14-25-30-23-10-7-17-12-22-20-9-8-19(29)11-18(20)15-34-24(22)13-21(17)26(23)31-25/h7-13,16H,6,14-15H2,1-5H3,(H,30,31)/t16-/m0/s1. The van der Waals surface area contributed by atoms with Crippen LogP contribution in [0.5, 0.6) is 5.75 Å². The molecule has 0 spiro atoms. The summed E-state index contributed by atoms with van der Waals surface area (Å²) in [6, 6.07) is 14.3. The second kappa shape index (κ2) is 8.76. The van der Waals surface area contributed by atoms with Crippen molar-refractivity contribution in [1.82, 2.24) is 14.9 Å². The molecule has 0 aliphatic carbocycles. The summed E-state index contributed by atoms with van der Waals surface area (Å²) in [6.07, 6.45) is 0.483. The molecule has 0 fully saturated rings. The molecule has 35 heavy (non-hydrogen) atoms. The monoisotopic (exact) mass is 491 g/mol. The maximum Gasteiger partial charge on any atom is 0.410 e. The minimum absolute atomic E-state index is 0.0174. The van der Waals surface area contributed by atoms with Gasteiger partial charge in [0, 0.05) is 22.0 Å². The van der Waals surface area contributed by atoms with Crippen molar-refractivity contribution in [2.75, 3.05) is 0 Å². The van der Waals surface area contributed by atoms with Crippen LogP contribution < -0.4 is 4.74 Å². The summed E-state index contributed by atoms with van der Waals surface area (Å²) < 4.78 is 11.7. The molecule has 6 nitrogen and oxygen atoms in total. The first-order valence-corrected chi connectivity index (χ1v) is 12.4. The average molecular weight is 492 g/mol. The van der Waals surface area contributed by atoms with Crippen molar-refractivity contribution in [2.24, 2.45) is 0 Å². The van der Waals surface area contributed by atoms with Crippen molar-refractivity contribution in [3.63, 3.8) is 0 Å². The number of imidazole rings is 1. The van der Waals surface area contributed by atoms with E-state index in [0.717, 1.165) is 56.5 Å². The number of hydrogen-bond donors (Lipinski definition) is 1. The topological polar surface area (TPSA) is 67.5 Å². The van der Waals surface area contributed by atoms with E-state index in [1.807, 2.05) is 45.9 Å². The number of benzene rings is 3. The number of H-pyrrole nitrogens is 1. The molecule has 0 saturated carbocycles. The SMILES string of the molecule is CC[C@H](C)N(Cc1nc2c(ccc3cc4c(cc32)OCc2cc(Cl)ccc2-4)[nH]1)C(=O)OC(C)(C)C. The van der Waals surface area contributed by atoms with Gasteiger partial charge in [-0.2, -0.15) is 0 Å². The molecule has 182 valence electrons. The van der Waals surface area contributed by atoms with Gasteiger partial charge in [0.25, 0.3) is 0 Å². The van der Waals surface area contributed by atoms with Gasteiger partial charge in [0.2, 0.25) is 0 Å². The van der Waals surface area contributed by atoms with E-state index in [1.54, 1.807) is 4.90 Å². The summed E-state index contributed by atoms with van der Waals surface area (Å²) in [5.74, 6) is 1.55. The van der Waals surface area contributed by atoms with E-state index in [-0.39, 0.29) is 12.1 Å². The molecule has 0 saturated heterocycles. The van der Waals surface area contributed by atoms with E-state index in [4.69, 9.17) is 26.1 Å². The lowest BCUT2D eigenvalue weighted by atomic mass is 9.94. The Morgan fingerprint density at radius 1 is 1.20 bits per heavy atom. The Bertz CT molecular complexity index is 1440. The first-order chi connectivity index (χ1) is 16.6. The van der Waals surface area contributed by atoms with Gasteiger partial charge >= 0.3 is 6.09 Å². The van der Waals surface area contributed by atoms with Crippen LogP contribution in [0, 0.1) is 0 Å². The molecule has 1 N–H and O–H groups in total. The number of fused-ring (bicyclic) bond motifs is 6. The van der Waals surface area contributed by atoms with Crippen LogP contribution in [0.4, 0.5) is 4.79 Å². The van der Waals surface area contributed by atoms with Crippen LogP contribution in [0.1, 0.15) is 52.4 Å². The third-order valence-corrected chi connectivity index (χ3v) is 6.66. The van der Waals surface area contributed by atoms with Gasteiger partial charge in [-0.05, 0) is 81.0 Å². The predicted molar refractivity (Wildman–Crippen MR) is 140 cm³/mol. The lowest BCUT2D eigenvalue weighted by Gasteiger charge is -2.30. The molecule has 4 aromatic rings. The molecule has 1 amide bonds. The number of aromatic amines is 1. The average Bonchev–Trinajstić information content (AvgIpc) is 3.22. The fourth-order valence-corrected chi connectivity index (χ4v) is 4.68. The molecule has 0 unspecified atom stereocenters. The summed E-state index contributed by atoms with van der Waals surface area (Å²) in [7, 11) is 0. The van der Waals surface area contributed by atoms with Gasteiger partial charge in [-0.25, -0.2) is 9.78 Å². The third kappa shape index (κ3) is 4.55. The van der Waals surface area contributed by atoms with E-state index in [2.05, 4.69) is 36.2 Å². The number of nitrogens with one attached hydrogen (secondary N) is 1. The van der Waals surface area contributed by atoms with E-state index >= 15 is 0 Å². The number of rotatable bonds is 4. The maximum absolute atomic E-state index is 12.9. The highest BCUT2D eigenvalue weighted by Gasteiger charge is 2.27. The van der Waals surface area contributed by atoms with E-state index in [1.165, 1.54) is 0 Å². The van der Waals surface area contributed by atoms with E-state index in [0.29, 0.717) is 18.2 Å². The zero-order valence-corrected chi connectivity index (χ0v) is 21.5. The van der Waals surface area contributed by atoms with E-state index < -0.39 is 5.60 Å². The molecule has 1 aliphatic heterocycles. The van der Waals surface area contributed by atoms with Crippen LogP contribution in [0.2, 0.25) is 5.02 Å². The van der Waals surface area contributed by atoms with Crippen molar-refractivity contribution in [3.05, 3.63) is 58.9 Å². The molecule has 0 bridgehead atoms. The molecule has 1 aromatic heterocycles. The molecule has 3 aromatic carbocycles. The Kier molecular flexibility index (Phi) is 5.88. The molecular formula is C28H30ClN3O3. The maximum atomic E-state index is 12.9. The number of carbonyl (C=O) groups excluding carboxylic acids is 1. The van der Waals surface area contributed by atoms with Gasteiger partial charge in [0.05, 0.1) is 17.6 Å². The molecule has 1 aliphatic rings. The van der Waals surface area contributed by atoms with Crippen molar-refractivity contribution in [3.8, 4) is 16.9 Å². The number of hydrogen-bond acceptors (Lipinski definition) is 4. The van der Waals surface area contributed by atoms with Gasteiger partial charge in [-0.3, -0.25) is 4.90 Å². The van der Waals surface area contributed by atoms with Crippen LogP contribution in [0.3, 0.4) is 0 Å². The Labute approximate surface area is 210 Å². The van der Waals surface area contributed by atoms with Gasteiger partial charge in [-0.1, -0.05) is 30.7 Å². The van der Waals surface area contributed by atoms with Gasteiger partial charge < -0.3 is 14.5 Å². The van der Waals surface area contributed by atoms with Gasteiger partial charge in [0.1, 0.15) is 23.8 Å². The second-order valence-corrected chi connectivity index (χ2v) is 10.6. The number of halogens is 1. The highest BCUT2D eigenvalue weighted by atomic mass is 35.5. The summed E-state index contributed by atoms with van der Waals surface area (Å²) in [5, 5.41) is 2.79. The fourth-order valence-electron chi connectivity index (χ4n) is 4.48. The third-order valence-electron chi connectivity index (χ3n) is 6.43. The largest absolute Gasteiger partial charge is 0.488 e. The number of ether oxygens (including phenoxy) is 2. The highest BCUT2D eigenvalue weighted by molar-refractivity contribution is 6.30. The smallest absolute Gasteiger partial charge is 0.410 e. The summed E-state index contributed by atoms with van der Waals surface area (Å²) in [4.78, 5) is 22.9. The summed E-state index contributed by atoms with van der Waals surface area (Å²) in [6.45, 7) is 10.5. The Morgan fingerprint density at radius 2 is 2.00 bits per heavy atom. The highest BCUT2D eigenvalue weighted by Crippen LogP contribution is 2.42. The van der Waals surface area contributed by atoms with Crippen LogP contribution in [0.25, 0.3) is 32.9 Å². The number of aromatic nitrogens is 2. The predicted octanol–water partition coefficient (Wildman–Crippen LogP) is 7.46. The molecule has 2 heterocycles. The Balaban J connectivity index is 1.53. The lowest BCUT2D eigenvalue weighted by Crippen LogP contribution is -2.41. The van der Waals surface area contributed by atoms with Crippen molar-refractivity contribution < 1.29 is 14.3 Å². The van der Waals surface area contributed by atoms with E-state index in [9.17, 15) is 4.79 Å². The Morgan fingerprint density at radius 3 is 2.74 bits per heavy atom. The molecule has 5 rings (SSSR count). The van der Waals surface area contributed by atoms with Crippen molar-refractivity contribution >= 4 is 39.5 Å².